The van der Waals surface area contributed by atoms with E-state index in [9.17, 15) is 19.2 Å². The van der Waals surface area contributed by atoms with Crippen molar-refractivity contribution < 1.29 is 43.0 Å². The van der Waals surface area contributed by atoms with E-state index in [1.165, 1.54) is 24.3 Å². The van der Waals surface area contributed by atoms with Gasteiger partial charge in [0, 0.05) is 5.39 Å². The molecule has 3 N–H and O–H groups in total. The molecule has 0 aliphatic carbocycles. The van der Waals surface area contributed by atoms with Gasteiger partial charge in [-0.05, 0) is 101 Å². The maximum Gasteiger partial charge on any atom is 0.414 e. The second-order valence-corrected chi connectivity index (χ2v) is 15.0. The molecule has 1 atom stereocenters. The van der Waals surface area contributed by atoms with Crippen LogP contribution in [0.25, 0.3) is 10.9 Å². The summed E-state index contributed by atoms with van der Waals surface area (Å²) in [6, 6.07) is 23.9. The molecule has 284 valence electrons. The Hall–Kier alpha value is -6.40. The lowest BCUT2D eigenvalue weighted by molar-refractivity contribution is -0.191. The number of esters is 1. The molecule has 14 nitrogen and oxygen atoms in total. The topological polar surface area (TPSA) is 191 Å². The molecule has 4 aromatic rings. The number of fused-ring (bicyclic) bond motifs is 1. The fourth-order valence-electron chi connectivity index (χ4n) is 4.80. The van der Waals surface area contributed by atoms with Crippen molar-refractivity contribution in [2.45, 2.75) is 79.6 Å². The van der Waals surface area contributed by atoms with E-state index in [1.54, 1.807) is 71.9 Å². The largest absolute Gasteiger partial charge is 0.444 e. The summed E-state index contributed by atoms with van der Waals surface area (Å²) in [5.74, 6) is -0.861. The Morgan fingerprint density at radius 3 is 1.80 bits per heavy atom. The molecule has 0 unspecified atom stereocenters. The molecule has 0 radical (unpaired) electrons. The van der Waals surface area contributed by atoms with Crippen LogP contribution in [-0.2, 0) is 19.1 Å². The highest BCUT2D eigenvalue weighted by Crippen LogP contribution is 2.33. The zero-order valence-electron chi connectivity index (χ0n) is 31.7. The standard InChI is InChI=1S/C39H45N5O7.CO2/c1-37(2,3)31(24-13-11-10-12-14-24)42-32(45)30-21-17-26-23-28(20-22-29(26)41-30)49-33(46)25-15-18-27(19-16-25)40-34(43-35(47)50-38(4,5)6)44-36(48)51-39(7,8)9;2-1-3/h10-23,31H,1-9H3,(H,42,45)(H2,40,43,44,47,48);/t31-;/m0./s1. The van der Waals surface area contributed by atoms with Gasteiger partial charge in [-0.25, -0.2) is 24.4 Å². The zero-order valence-corrected chi connectivity index (χ0v) is 31.7. The fraction of sp³-hybridized carbons (Fsp3) is 0.325. The maximum absolute atomic E-state index is 13.3. The van der Waals surface area contributed by atoms with E-state index < -0.39 is 29.4 Å². The van der Waals surface area contributed by atoms with Crippen molar-refractivity contribution >= 4 is 52.8 Å². The summed E-state index contributed by atoms with van der Waals surface area (Å²) in [4.78, 5) is 76.2. The number of aliphatic imine (C=N–C) groups is 1. The number of nitrogens with zero attached hydrogens (tertiary/aromatic N) is 2. The van der Waals surface area contributed by atoms with Crippen molar-refractivity contribution in [1.82, 2.24) is 20.9 Å². The van der Waals surface area contributed by atoms with E-state index in [4.69, 9.17) is 23.8 Å². The molecule has 54 heavy (non-hydrogen) atoms. The smallest absolute Gasteiger partial charge is 0.414 e. The number of rotatable bonds is 6. The molecule has 0 bridgehead atoms. The predicted molar refractivity (Wildman–Crippen MR) is 200 cm³/mol. The Kier molecular flexibility index (Phi) is 13.9. The van der Waals surface area contributed by atoms with Crippen molar-refractivity contribution in [3.8, 4) is 5.75 Å². The number of pyridine rings is 1. The lowest BCUT2D eigenvalue weighted by atomic mass is 9.82. The summed E-state index contributed by atoms with van der Waals surface area (Å²) in [7, 11) is 0. The van der Waals surface area contributed by atoms with Crippen LogP contribution in [0.3, 0.4) is 0 Å². The van der Waals surface area contributed by atoms with Crippen LogP contribution in [0.5, 0.6) is 5.75 Å². The van der Waals surface area contributed by atoms with Gasteiger partial charge in [0.2, 0.25) is 5.96 Å². The molecular weight excluding hydrogens is 694 g/mol. The first-order valence-corrected chi connectivity index (χ1v) is 16.8. The summed E-state index contributed by atoms with van der Waals surface area (Å²) >= 11 is 0. The van der Waals surface area contributed by atoms with Crippen LogP contribution in [0, 0.1) is 5.41 Å². The number of aromatic nitrogens is 1. The average molecular weight is 740 g/mol. The number of guanidine groups is 1. The minimum absolute atomic E-state index is 0.226. The Bertz CT molecular complexity index is 1990. The van der Waals surface area contributed by atoms with Gasteiger partial charge in [-0.1, -0.05) is 57.2 Å². The van der Waals surface area contributed by atoms with Crippen molar-refractivity contribution in [3.63, 3.8) is 0 Å². The predicted octanol–water partition coefficient (Wildman–Crippen LogP) is 7.42. The van der Waals surface area contributed by atoms with Crippen molar-refractivity contribution in [2.24, 2.45) is 10.4 Å². The third kappa shape index (κ3) is 13.6. The van der Waals surface area contributed by atoms with E-state index in [2.05, 4.69) is 46.7 Å². The van der Waals surface area contributed by atoms with Gasteiger partial charge in [0.1, 0.15) is 22.6 Å². The van der Waals surface area contributed by atoms with E-state index in [0.29, 0.717) is 16.6 Å². The molecule has 1 heterocycles. The lowest BCUT2D eigenvalue weighted by Crippen LogP contribution is -2.47. The van der Waals surface area contributed by atoms with Crippen LogP contribution in [0.1, 0.15) is 94.8 Å². The Morgan fingerprint density at radius 1 is 0.722 bits per heavy atom. The molecule has 3 amide bonds. The number of benzene rings is 3. The van der Waals surface area contributed by atoms with Gasteiger partial charge < -0.3 is 19.5 Å². The van der Waals surface area contributed by atoms with Gasteiger partial charge >= 0.3 is 24.3 Å². The first kappa shape index (κ1) is 42.0. The van der Waals surface area contributed by atoms with E-state index >= 15 is 0 Å². The van der Waals surface area contributed by atoms with Gasteiger partial charge in [-0.3, -0.25) is 15.4 Å². The Morgan fingerprint density at radius 2 is 1.28 bits per heavy atom. The van der Waals surface area contributed by atoms with Crippen LogP contribution >= 0.6 is 0 Å². The molecular formula is C40H45N5O9. The average Bonchev–Trinajstić information content (AvgIpc) is 3.05. The molecule has 0 aliphatic rings. The maximum atomic E-state index is 13.3. The van der Waals surface area contributed by atoms with Crippen LogP contribution in [0.4, 0.5) is 15.3 Å². The molecule has 0 saturated carbocycles. The number of hydrogen-bond acceptors (Lipinski definition) is 11. The van der Waals surface area contributed by atoms with Crippen molar-refractivity contribution in [2.75, 3.05) is 0 Å². The SMILES string of the molecule is CC(C)(C)OC(=O)NC(=Nc1ccc(C(=O)Oc2ccc3nc(C(=O)N[C@@H](c4ccccc4)C(C)(C)C)ccc3c2)cc1)NC(=O)OC(C)(C)C.O=C=O. The molecule has 0 saturated heterocycles. The van der Waals surface area contributed by atoms with Crippen LogP contribution in [0.15, 0.2) is 89.9 Å². The molecule has 14 heteroatoms. The van der Waals surface area contributed by atoms with Crippen molar-refractivity contribution in [3.05, 3.63) is 102 Å². The summed E-state index contributed by atoms with van der Waals surface area (Å²) in [6.45, 7) is 16.4. The second kappa shape index (κ2) is 17.9. The fourth-order valence-corrected chi connectivity index (χ4v) is 4.80. The van der Waals surface area contributed by atoms with Crippen LogP contribution in [0.2, 0.25) is 0 Å². The second-order valence-electron chi connectivity index (χ2n) is 15.0. The monoisotopic (exact) mass is 739 g/mol. The van der Waals surface area contributed by atoms with E-state index in [0.717, 1.165) is 5.56 Å². The highest BCUT2D eigenvalue weighted by atomic mass is 16.6. The van der Waals surface area contributed by atoms with E-state index in [-0.39, 0.29) is 46.5 Å². The number of hydrogen-bond donors (Lipinski definition) is 3. The molecule has 3 aromatic carbocycles. The number of nitrogens with one attached hydrogen (secondary N) is 3. The highest BCUT2D eigenvalue weighted by molar-refractivity contribution is 6.02. The molecule has 0 spiro atoms. The minimum Gasteiger partial charge on any atom is -0.444 e. The van der Waals surface area contributed by atoms with Gasteiger partial charge in [-0.15, -0.1) is 0 Å². The summed E-state index contributed by atoms with van der Waals surface area (Å²) in [5.41, 5.74) is 0.560. The van der Waals surface area contributed by atoms with Gasteiger partial charge in [0.05, 0.1) is 22.8 Å². The van der Waals surface area contributed by atoms with Gasteiger partial charge in [-0.2, -0.15) is 9.59 Å². The third-order valence-corrected chi connectivity index (χ3v) is 6.96. The minimum atomic E-state index is -0.834. The first-order chi connectivity index (χ1) is 25.2. The third-order valence-electron chi connectivity index (χ3n) is 6.96. The molecule has 4 rings (SSSR count). The van der Waals surface area contributed by atoms with Crippen molar-refractivity contribution in [1.29, 1.82) is 0 Å². The zero-order chi connectivity index (χ0) is 40.3. The number of carbonyl (C=O) groups is 4. The summed E-state index contributed by atoms with van der Waals surface area (Å²) in [6.07, 6.45) is -1.42. The van der Waals surface area contributed by atoms with Crippen LogP contribution < -0.4 is 20.7 Å². The van der Waals surface area contributed by atoms with E-state index in [1.807, 2.05) is 30.3 Å². The normalized spacial score (nSPS) is 11.7. The number of amides is 3. The van der Waals surface area contributed by atoms with Gasteiger partial charge in [0.25, 0.3) is 5.91 Å². The summed E-state index contributed by atoms with van der Waals surface area (Å²) in [5, 5.41) is 8.63. The Balaban J connectivity index is 0.00000253. The molecule has 0 aliphatic heterocycles. The number of ether oxygens (including phenoxy) is 3. The molecule has 1 aromatic heterocycles. The number of alkyl carbamates (subject to hydrolysis) is 2. The first-order valence-electron chi connectivity index (χ1n) is 16.8. The molecule has 0 fully saturated rings. The number of carbonyl (C=O) groups excluding carboxylic acids is 6. The quantitative estimate of drug-likeness (QED) is 0.0776. The lowest BCUT2D eigenvalue weighted by Gasteiger charge is -2.32. The van der Waals surface area contributed by atoms with Gasteiger partial charge in [0.15, 0.2) is 0 Å². The van der Waals surface area contributed by atoms with Crippen LogP contribution in [-0.4, -0.2) is 52.4 Å². The summed E-state index contributed by atoms with van der Waals surface area (Å²) < 4.78 is 16.2. The Labute approximate surface area is 313 Å². The highest BCUT2D eigenvalue weighted by Gasteiger charge is 2.28.